The van der Waals surface area contributed by atoms with Crippen LogP contribution in [0.5, 0.6) is 0 Å². The number of anilines is 1. The molecular weight excluding hydrogens is 292 g/mol. The van der Waals surface area contributed by atoms with Crippen LogP contribution in [0.25, 0.3) is 10.2 Å². The molecule has 1 unspecified atom stereocenters. The van der Waals surface area contributed by atoms with Crippen LogP contribution in [0.4, 0.5) is 5.95 Å². The predicted octanol–water partition coefficient (Wildman–Crippen LogP) is 0.549. The first-order valence-corrected chi connectivity index (χ1v) is 7.71. The lowest BCUT2D eigenvalue weighted by Crippen LogP contribution is -2.44. The molecule has 0 spiro atoms. The van der Waals surface area contributed by atoms with Gasteiger partial charge in [0.05, 0.1) is 5.52 Å². The van der Waals surface area contributed by atoms with Crippen LogP contribution < -0.4 is 16.2 Å². The van der Waals surface area contributed by atoms with Crippen molar-refractivity contribution in [1.82, 2.24) is 9.97 Å². The molecule has 1 aliphatic rings. The number of rotatable bonds is 3. The average molecular weight is 310 g/mol. The largest absolute Gasteiger partial charge is 0.364 e. The van der Waals surface area contributed by atoms with Crippen molar-refractivity contribution in [2.45, 2.75) is 25.2 Å². The van der Waals surface area contributed by atoms with Gasteiger partial charge >= 0.3 is 0 Å². The van der Waals surface area contributed by atoms with Crippen molar-refractivity contribution in [1.29, 1.82) is 0 Å². The second-order valence-corrected chi connectivity index (χ2v) is 6.07. The summed E-state index contributed by atoms with van der Waals surface area (Å²) in [5.41, 5.74) is 6.79. The summed E-state index contributed by atoms with van der Waals surface area (Å²) in [6, 6.07) is 0.0891. The molecule has 0 aliphatic carbocycles. The second-order valence-electron chi connectivity index (χ2n) is 5.19. The van der Waals surface area contributed by atoms with Gasteiger partial charge in [0.1, 0.15) is 4.70 Å². The van der Waals surface area contributed by atoms with E-state index in [0.29, 0.717) is 28.3 Å². The SMILES string of the molecule is COC(O)c1csc2c(=O)[nH]c(N3CCC[C@@H](N)C3)nc12. The lowest BCUT2D eigenvalue weighted by Gasteiger charge is -2.31. The van der Waals surface area contributed by atoms with Gasteiger partial charge in [-0.05, 0) is 12.8 Å². The fourth-order valence-corrected chi connectivity index (χ4v) is 3.49. The van der Waals surface area contributed by atoms with Gasteiger partial charge in [-0.25, -0.2) is 4.98 Å². The van der Waals surface area contributed by atoms with Crippen molar-refractivity contribution in [3.8, 4) is 0 Å². The van der Waals surface area contributed by atoms with Gasteiger partial charge in [0.15, 0.2) is 6.29 Å². The van der Waals surface area contributed by atoms with Gasteiger partial charge in [-0.2, -0.15) is 0 Å². The molecule has 0 bridgehead atoms. The summed E-state index contributed by atoms with van der Waals surface area (Å²) in [7, 11) is 1.41. The Bertz CT molecular complexity index is 698. The number of aliphatic hydroxyl groups is 1. The average Bonchev–Trinajstić information content (AvgIpc) is 2.91. The molecule has 114 valence electrons. The number of piperidine rings is 1. The van der Waals surface area contributed by atoms with Gasteiger partial charge in [-0.3, -0.25) is 9.78 Å². The Morgan fingerprint density at radius 2 is 2.48 bits per heavy atom. The van der Waals surface area contributed by atoms with Crippen molar-refractivity contribution in [2.75, 3.05) is 25.1 Å². The van der Waals surface area contributed by atoms with E-state index in [4.69, 9.17) is 10.5 Å². The molecule has 0 radical (unpaired) electrons. The molecule has 1 aliphatic heterocycles. The number of nitrogens with two attached hydrogens (primary N) is 1. The zero-order valence-corrected chi connectivity index (χ0v) is 12.5. The standard InChI is InChI=1S/C13H18N4O3S/c1-20-12(19)8-6-21-10-9(8)15-13(16-11(10)18)17-4-2-3-7(14)5-17/h6-7,12,19H,2-5,14H2,1H3,(H,15,16,18)/t7-,12?/m1/s1. The molecule has 21 heavy (non-hydrogen) atoms. The smallest absolute Gasteiger partial charge is 0.270 e. The predicted molar refractivity (Wildman–Crippen MR) is 81.6 cm³/mol. The summed E-state index contributed by atoms with van der Waals surface area (Å²) in [5.74, 6) is 0.505. The lowest BCUT2D eigenvalue weighted by atomic mass is 10.1. The zero-order valence-electron chi connectivity index (χ0n) is 11.7. The number of aliphatic hydroxyl groups excluding tert-OH is 1. The van der Waals surface area contributed by atoms with E-state index in [-0.39, 0.29) is 11.6 Å². The van der Waals surface area contributed by atoms with Crippen LogP contribution in [0.3, 0.4) is 0 Å². The number of aromatic amines is 1. The van der Waals surface area contributed by atoms with E-state index in [1.807, 2.05) is 4.90 Å². The van der Waals surface area contributed by atoms with Gasteiger partial charge in [-0.1, -0.05) is 0 Å². The number of ether oxygens (including phenoxy) is 1. The van der Waals surface area contributed by atoms with E-state index in [0.717, 1.165) is 19.4 Å². The van der Waals surface area contributed by atoms with E-state index in [2.05, 4.69) is 9.97 Å². The van der Waals surface area contributed by atoms with Gasteiger partial charge in [0.25, 0.3) is 5.56 Å². The third-order valence-electron chi connectivity index (χ3n) is 3.69. The molecule has 1 fully saturated rings. The molecule has 7 nitrogen and oxygen atoms in total. The Morgan fingerprint density at radius 1 is 1.67 bits per heavy atom. The fourth-order valence-electron chi connectivity index (χ4n) is 2.59. The summed E-state index contributed by atoms with van der Waals surface area (Å²) in [4.78, 5) is 21.5. The molecular formula is C13H18N4O3S. The van der Waals surface area contributed by atoms with Crippen LogP contribution in [-0.2, 0) is 4.74 Å². The number of thiophene rings is 1. The number of fused-ring (bicyclic) bond motifs is 1. The summed E-state index contributed by atoms with van der Waals surface area (Å²) in [6.07, 6.45) is 0.874. The Morgan fingerprint density at radius 3 is 3.19 bits per heavy atom. The Hall–Kier alpha value is -1.48. The summed E-state index contributed by atoms with van der Waals surface area (Å²) >= 11 is 1.25. The minimum atomic E-state index is -1.08. The third kappa shape index (κ3) is 2.67. The van der Waals surface area contributed by atoms with Gasteiger partial charge in [-0.15, -0.1) is 11.3 Å². The first kappa shape index (κ1) is 14.5. The van der Waals surface area contributed by atoms with Crippen LogP contribution in [0, 0.1) is 0 Å². The highest BCUT2D eigenvalue weighted by molar-refractivity contribution is 7.17. The maximum Gasteiger partial charge on any atom is 0.270 e. The highest BCUT2D eigenvalue weighted by Crippen LogP contribution is 2.28. The summed E-state index contributed by atoms with van der Waals surface area (Å²) in [6.45, 7) is 1.48. The maximum atomic E-state index is 12.2. The number of methoxy groups -OCH3 is 1. The summed E-state index contributed by atoms with van der Waals surface area (Å²) in [5, 5.41) is 11.6. The second kappa shape index (κ2) is 5.72. The minimum Gasteiger partial charge on any atom is -0.364 e. The number of nitrogens with zero attached hydrogens (tertiary/aromatic N) is 2. The molecule has 3 rings (SSSR count). The topological polar surface area (TPSA) is 104 Å². The molecule has 2 atom stereocenters. The number of hydrogen-bond acceptors (Lipinski definition) is 7. The van der Waals surface area contributed by atoms with E-state index >= 15 is 0 Å². The molecule has 8 heteroatoms. The van der Waals surface area contributed by atoms with E-state index in [1.54, 1.807) is 5.38 Å². The highest BCUT2D eigenvalue weighted by Gasteiger charge is 2.22. The first-order valence-electron chi connectivity index (χ1n) is 6.83. The third-order valence-corrected chi connectivity index (χ3v) is 4.67. The van der Waals surface area contributed by atoms with E-state index in [1.165, 1.54) is 18.4 Å². The fraction of sp³-hybridized carbons (Fsp3) is 0.538. The van der Waals surface area contributed by atoms with Gasteiger partial charge in [0, 0.05) is 37.2 Å². The van der Waals surface area contributed by atoms with Gasteiger partial charge < -0.3 is 20.5 Å². The molecule has 2 aromatic heterocycles. The number of nitrogens with one attached hydrogen (secondary N) is 1. The number of aromatic nitrogens is 2. The lowest BCUT2D eigenvalue weighted by molar-refractivity contribution is -0.0757. The highest BCUT2D eigenvalue weighted by atomic mass is 32.1. The Labute approximate surface area is 125 Å². The molecule has 0 amide bonds. The summed E-state index contributed by atoms with van der Waals surface area (Å²) < 4.78 is 5.41. The molecule has 0 saturated carbocycles. The van der Waals surface area contributed by atoms with Crippen molar-refractivity contribution in [2.24, 2.45) is 5.73 Å². The first-order chi connectivity index (χ1) is 10.1. The maximum absolute atomic E-state index is 12.2. The van der Waals surface area contributed by atoms with E-state index in [9.17, 15) is 9.90 Å². The molecule has 2 aromatic rings. The molecule has 4 N–H and O–H groups in total. The zero-order chi connectivity index (χ0) is 15.0. The molecule has 1 saturated heterocycles. The Kier molecular flexibility index (Phi) is 3.94. The quantitative estimate of drug-likeness (QED) is 0.715. The van der Waals surface area contributed by atoms with Crippen molar-refractivity contribution in [3.63, 3.8) is 0 Å². The molecule has 0 aromatic carbocycles. The van der Waals surface area contributed by atoms with Crippen LogP contribution >= 0.6 is 11.3 Å². The minimum absolute atomic E-state index is 0.0891. The van der Waals surface area contributed by atoms with Gasteiger partial charge in [0.2, 0.25) is 5.95 Å². The normalized spacial score (nSPS) is 20.9. The van der Waals surface area contributed by atoms with Crippen LogP contribution in [0.1, 0.15) is 24.7 Å². The van der Waals surface area contributed by atoms with Crippen LogP contribution in [0.15, 0.2) is 10.2 Å². The monoisotopic (exact) mass is 310 g/mol. The van der Waals surface area contributed by atoms with E-state index < -0.39 is 6.29 Å². The number of hydrogen-bond donors (Lipinski definition) is 3. The van der Waals surface area contributed by atoms with Crippen molar-refractivity contribution in [3.05, 3.63) is 21.3 Å². The molecule has 3 heterocycles. The van der Waals surface area contributed by atoms with Crippen molar-refractivity contribution >= 4 is 27.5 Å². The van der Waals surface area contributed by atoms with Crippen LogP contribution in [0.2, 0.25) is 0 Å². The Balaban J connectivity index is 2.06. The number of H-pyrrole nitrogens is 1. The van der Waals surface area contributed by atoms with Crippen LogP contribution in [-0.4, -0.2) is 41.3 Å². The van der Waals surface area contributed by atoms with Crippen molar-refractivity contribution < 1.29 is 9.84 Å².